The Labute approximate surface area is 72.9 Å². The van der Waals surface area contributed by atoms with Crippen LogP contribution < -0.4 is 5.32 Å². The molecule has 1 N–H and O–H groups in total. The maximum absolute atomic E-state index is 10.8. The third kappa shape index (κ3) is 7.68. The average Bonchev–Trinajstić information content (AvgIpc) is 1.99. The summed E-state index contributed by atoms with van der Waals surface area (Å²) in [6, 6.07) is 0. The summed E-state index contributed by atoms with van der Waals surface area (Å²) in [5.74, 6) is 0.673. The van der Waals surface area contributed by atoms with Crippen molar-refractivity contribution in [2.45, 2.75) is 12.8 Å². The molecule has 0 fully saturated rings. The molecule has 0 radical (unpaired) electrons. The van der Waals surface area contributed by atoms with Gasteiger partial charge in [-0.25, -0.2) is 0 Å². The smallest absolute Gasteiger partial charge is 0.220 e. The van der Waals surface area contributed by atoms with Crippen molar-refractivity contribution in [3.8, 4) is 0 Å². The molecule has 0 unspecified atom stereocenters. The summed E-state index contributed by atoms with van der Waals surface area (Å²) in [6.07, 6.45) is 1.37. The minimum Gasteiger partial charge on any atom is -0.385 e. The van der Waals surface area contributed by atoms with Gasteiger partial charge in [0.25, 0.3) is 0 Å². The largest absolute Gasteiger partial charge is 0.385 e. The van der Waals surface area contributed by atoms with Gasteiger partial charge in [-0.15, -0.1) is 0 Å². The first kappa shape index (κ1) is 10.8. The minimum absolute atomic E-state index is 0.0658. The van der Waals surface area contributed by atoms with Crippen molar-refractivity contribution < 1.29 is 9.53 Å². The first-order chi connectivity index (χ1) is 5.31. The van der Waals surface area contributed by atoms with E-state index in [1.165, 1.54) is 0 Å². The zero-order valence-electron chi connectivity index (χ0n) is 6.80. The highest BCUT2D eigenvalue weighted by molar-refractivity contribution is 7.80. The van der Waals surface area contributed by atoms with E-state index < -0.39 is 0 Å². The number of carbonyl (C=O) groups excluding carboxylic acids is 1. The van der Waals surface area contributed by atoms with Crippen LogP contribution in [0.15, 0.2) is 0 Å². The Morgan fingerprint density at radius 2 is 2.36 bits per heavy atom. The van der Waals surface area contributed by atoms with Crippen LogP contribution in [0.3, 0.4) is 0 Å². The maximum Gasteiger partial charge on any atom is 0.220 e. The van der Waals surface area contributed by atoms with E-state index in [1.54, 1.807) is 7.11 Å². The summed E-state index contributed by atoms with van der Waals surface area (Å²) in [5.41, 5.74) is 0. The molecule has 0 heterocycles. The fraction of sp³-hybridized carbons (Fsp3) is 0.857. The van der Waals surface area contributed by atoms with Crippen LogP contribution in [0.5, 0.6) is 0 Å². The van der Waals surface area contributed by atoms with Crippen molar-refractivity contribution in [2.24, 2.45) is 0 Å². The van der Waals surface area contributed by atoms with Crippen LogP contribution in [0.4, 0.5) is 0 Å². The van der Waals surface area contributed by atoms with Gasteiger partial charge >= 0.3 is 0 Å². The van der Waals surface area contributed by atoms with Crippen molar-refractivity contribution >= 4 is 18.5 Å². The van der Waals surface area contributed by atoms with Crippen LogP contribution in [0.25, 0.3) is 0 Å². The van der Waals surface area contributed by atoms with Gasteiger partial charge in [-0.05, 0) is 12.2 Å². The van der Waals surface area contributed by atoms with Crippen LogP contribution in [0.1, 0.15) is 12.8 Å². The molecule has 66 valence electrons. The predicted octanol–water partition coefficient (Wildman–Crippen LogP) is 0.459. The molecule has 0 saturated heterocycles. The van der Waals surface area contributed by atoms with E-state index in [9.17, 15) is 4.79 Å². The Balaban J connectivity index is 3.04. The van der Waals surface area contributed by atoms with Gasteiger partial charge in [0.15, 0.2) is 0 Å². The fourth-order valence-corrected chi connectivity index (χ4v) is 0.837. The van der Waals surface area contributed by atoms with E-state index in [2.05, 4.69) is 17.9 Å². The number of thiol groups is 1. The molecule has 0 aromatic rings. The number of hydrogen-bond acceptors (Lipinski definition) is 3. The molecular formula is C7H15NO2S. The lowest BCUT2D eigenvalue weighted by Gasteiger charge is -2.02. The van der Waals surface area contributed by atoms with Crippen molar-refractivity contribution in [3.05, 3.63) is 0 Å². The number of ether oxygens (including phenoxy) is 1. The van der Waals surface area contributed by atoms with Gasteiger partial charge in [0.1, 0.15) is 0 Å². The summed E-state index contributed by atoms with van der Waals surface area (Å²) < 4.78 is 4.82. The molecule has 1 amide bonds. The van der Waals surface area contributed by atoms with Gasteiger partial charge in [0.05, 0.1) is 0 Å². The Bertz CT molecular complexity index is 109. The second-order valence-electron chi connectivity index (χ2n) is 2.17. The number of amides is 1. The van der Waals surface area contributed by atoms with E-state index >= 15 is 0 Å². The summed E-state index contributed by atoms with van der Waals surface area (Å²) in [6.45, 7) is 1.39. The maximum atomic E-state index is 10.8. The van der Waals surface area contributed by atoms with Gasteiger partial charge in [-0.3, -0.25) is 4.79 Å². The second kappa shape index (κ2) is 7.88. The molecule has 0 aliphatic carbocycles. The van der Waals surface area contributed by atoms with E-state index in [0.29, 0.717) is 25.3 Å². The number of carbonyl (C=O) groups is 1. The van der Waals surface area contributed by atoms with Gasteiger partial charge in [0.2, 0.25) is 5.91 Å². The highest BCUT2D eigenvalue weighted by Gasteiger charge is 1.96. The van der Waals surface area contributed by atoms with Gasteiger partial charge < -0.3 is 10.1 Å². The number of methoxy groups -OCH3 is 1. The van der Waals surface area contributed by atoms with Gasteiger partial charge in [-0.2, -0.15) is 12.6 Å². The van der Waals surface area contributed by atoms with Gasteiger partial charge in [-0.1, -0.05) is 0 Å². The summed E-state index contributed by atoms with van der Waals surface area (Å²) in [7, 11) is 1.65. The zero-order chi connectivity index (χ0) is 8.53. The molecule has 11 heavy (non-hydrogen) atoms. The lowest BCUT2D eigenvalue weighted by molar-refractivity contribution is -0.120. The molecule has 3 nitrogen and oxygen atoms in total. The van der Waals surface area contributed by atoms with Gasteiger partial charge in [0, 0.05) is 26.7 Å². The lowest BCUT2D eigenvalue weighted by Crippen LogP contribution is -2.25. The highest BCUT2D eigenvalue weighted by atomic mass is 32.1. The molecule has 0 saturated carbocycles. The Hall–Kier alpha value is -0.220. The Kier molecular flexibility index (Phi) is 7.72. The molecule has 0 spiro atoms. The average molecular weight is 177 g/mol. The van der Waals surface area contributed by atoms with E-state index in [1.807, 2.05) is 0 Å². The summed E-state index contributed by atoms with van der Waals surface area (Å²) in [4.78, 5) is 10.8. The highest BCUT2D eigenvalue weighted by Crippen LogP contribution is 1.84. The SMILES string of the molecule is COCCCNC(=O)CCS. The van der Waals surface area contributed by atoms with Crippen LogP contribution in [0.2, 0.25) is 0 Å². The molecule has 0 aliphatic rings. The first-order valence-corrected chi connectivity index (χ1v) is 4.31. The molecular weight excluding hydrogens is 162 g/mol. The van der Waals surface area contributed by atoms with Crippen LogP contribution in [0, 0.1) is 0 Å². The zero-order valence-corrected chi connectivity index (χ0v) is 7.69. The molecule has 0 rings (SSSR count). The third-order valence-electron chi connectivity index (χ3n) is 1.19. The standard InChI is InChI=1S/C7H15NO2S/c1-10-5-2-4-8-7(9)3-6-11/h11H,2-6H2,1H3,(H,8,9). The molecule has 0 aromatic heterocycles. The molecule has 0 bridgehead atoms. The second-order valence-corrected chi connectivity index (χ2v) is 2.62. The lowest BCUT2D eigenvalue weighted by atomic mass is 10.4. The Morgan fingerprint density at radius 1 is 1.64 bits per heavy atom. The number of rotatable bonds is 6. The van der Waals surface area contributed by atoms with E-state index in [4.69, 9.17) is 4.74 Å². The van der Waals surface area contributed by atoms with Crippen molar-refractivity contribution in [1.82, 2.24) is 5.32 Å². The van der Waals surface area contributed by atoms with Crippen molar-refractivity contribution in [2.75, 3.05) is 26.0 Å². The number of nitrogens with one attached hydrogen (secondary N) is 1. The number of hydrogen-bond donors (Lipinski definition) is 2. The summed E-state index contributed by atoms with van der Waals surface area (Å²) >= 11 is 3.94. The normalized spacial score (nSPS) is 9.64. The van der Waals surface area contributed by atoms with Crippen molar-refractivity contribution in [1.29, 1.82) is 0 Å². The molecule has 0 aliphatic heterocycles. The van der Waals surface area contributed by atoms with Crippen LogP contribution >= 0.6 is 12.6 Å². The van der Waals surface area contributed by atoms with E-state index in [-0.39, 0.29) is 5.91 Å². The first-order valence-electron chi connectivity index (χ1n) is 3.67. The molecule has 0 aromatic carbocycles. The topological polar surface area (TPSA) is 38.3 Å². The quantitative estimate of drug-likeness (QED) is 0.457. The summed E-state index contributed by atoms with van der Waals surface area (Å²) in [5, 5.41) is 2.75. The molecule has 0 atom stereocenters. The van der Waals surface area contributed by atoms with E-state index in [0.717, 1.165) is 6.42 Å². The third-order valence-corrected chi connectivity index (χ3v) is 1.41. The monoisotopic (exact) mass is 177 g/mol. The fourth-order valence-electron chi connectivity index (χ4n) is 0.634. The van der Waals surface area contributed by atoms with Crippen LogP contribution in [-0.4, -0.2) is 31.9 Å². The minimum atomic E-state index is 0.0658. The van der Waals surface area contributed by atoms with Crippen molar-refractivity contribution in [3.63, 3.8) is 0 Å². The predicted molar refractivity (Wildman–Crippen MR) is 48.0 cm³/mol. The molecule has 4 heteroatoms. The van der Waals surface area contributed by atoms with Crippen LogP contribution in [-0.2, 0) is 9.53 Å². The Morgan fingerprint density at radius 3 is 2.91 bits per heavy atom.